The lowest BCUT2D eigenvalue weighted by atomic mass is 10.0. The van der Waals surface area contributed by atoms with Crippen LogP contribution in [0.3, 0.4) is 0 Å². The molecule has 1 atom stereocenters. The third-order valence-electron chi connectivity index (χ3n) is 7.20. The molecule has 0 radical (unpaired) electrons. The van der Waals surface area contributed by atoms with Gasteiger partial charge in [-0.25, -0.2) is 5.06 Å². The highest BCUT2D eigenvalue weighted by Crippen LogP contribution is 2.15. The third kappa shape index (κ3) is 19.3. The second-order valence-corrected chi connectivity index (χ2v) is 12.0. The van der Waals surface area contributed by atoms with E-state index in [2.05, 4.69) is 33.8 Å². The van der Waals surface area contributed by atoms with Crippen LogP contribution in [0.2, 0.25) is 0 Å². The number of nitrogens with zero attached hydrogens (tertiary/aromatic N) is 2. The summed E-state index contributed by atoms with van der Waals surface area (Å²) in [5.41, 5.74) is 5.26. The summed E-state index contributed by atoms with van der Waals surface area (Å²) in [6.45, 7) is 4.12. The molecule has 5 nitrogen and oxygen atoms in total. The first kappa shape index (κ1) is 33.6. The average molecular weight is 520 g/mol. The monoisotopic (exact) mass is 519 g/mol. The number of quaternary nitrogens is 2. The average Bonchev–Trinajstić information content (AvgIpc) is 2.88. The summed E-state index contributed by atoms with van der Waals surface area (Å²) < 4.78 is 0.791. The zero-order valence-electron chi connectivity index (χ0n) is 25.0. The van der Waals surface area contributed by atoms with E-state index >= 15 is 0 Å². The molecule has 214 valence electrons. The van der Waals surface area contributed by atoms with E-state index in [1.54, 1.807) is 5.06 Å². The van der Waals surface area contributed by atoms with Gasteiger partial charge in [0.05, 0.1) is 34.2 Å². The topological polar surface area (TPSA) is 57.2 Å². The van der Waals surface area contributed by atoms with Crippen molar-refractivity contribution in [2.24, 2.45) is 0 Å². The lowest BCUT2D eigenvalue weighted by Crippen LogP contribution is -2.68. The maximum absolute atomic E-state index is 13.1. The summed E-state index contributed by atoms with van der Waals surface area (Å²) in [6.07, 6.45) is 22.6. The summed E-state index contributed by atoms with van der Waals surface area (Å²) in [4.78, 5) is 19.1. The molecule has 1 amide bonds. The summed E-state index contributed by atoms with van der Waals surface area (Å²) in [5, 5.41) is 1.57. The van der Waals surface area contributed by atoms with Crippen LogP contribution in [0.4, 0.5) is 0 Å². The van der Waals surface area contributed by atoms with Crippen LogP contribution in [0.5, 0.6) is 0 Å². The van der Waals surface area contributed by atoms with E-state index in [1.165, 1.54) is 96.3 Å². The number of likely N-dealkylation sites (N-methyl/N-ethyl adjacent to an activating group) is 1. The number of hydroxylamine groups is 2. The van der Waals surface area contributed by atoms with Crippen LogP contribution in [-0.2, 0) is 16.2 Å². The van der Waals surface area contributed by atoms with Gasteiger partial charge in [0, 0.05) is 6.42 Å². The number of hydrogen-bond donors (Lipinski definition) is 1. The Kier molecular flexibility index (Phi) is 19.5. The first-order chi connectivity index (χ1) is 17.8. The van der Waals surface area contributed by atoms with Crippen LogP contribution >= 0.6 is 0 Å². The van der Waals surface area contributed by atoms with Gasteiger partial charge in [-0.2, -0.15) is 0 Å². The van der Waals surface area contributed by atoms with E-state index in [4.69, 9.17) is 4.84 Å². The molecule has 0 bridgehead atoms. The second-order valence-electron chi connectivity index (χ2n) is 12.0. The zero-order valence-corrected chi connectivity index (χ0v) is 25.0. The number of hydrogen-bond acceptors (Lipinski definition) is 2. The minimum atomic E-state index is -0.241. The molecule has 37 heavy (non-hydrogen) atoms. The predicted molar refractivity (Wildman–Crippen MR) is 157 cm³/mol. The van der Waals surface area contributed by atoms with Gasteiger partial charge >= 0.3 is 5.91 Å². The maximum Gasteiger partial charge on any atom is 0.304 e. The van der Waals surface area contributed by atoms with Crippen molar-refractivity contribution >= 4 is 5.91 Å². The fourth-order valence-corrected chi connectivity index (χ4v) is 4.62. The Balaban J connectivity index is 2.12. The van der Waals surface area contributed by atoms with Crippen molar-refractivity contribution in [2.75, 3.05) is 34.2 Å². The summed E-state index contributed by atoms with van der Waals surface area (Å²) >= 11 is 0. The number of benzene rings is 1. The van der Waals surface area contributed by atoms with Crippen molar-refractivity contribution in [1.29, 1.82) is 0 Å². The lowest BCUT2D eigenvalue weighted by Gasteiger charge is -2.29. The van der Waals surface area contributed by atoms with Gasteiger partial charge in [-0.1, -0.05) is 134 Å². The van der Waals surface area contributed by atoms with E-state index in [0.717, 1.165) is 29.4 Å². The van der Waals surface area contributed by atoms with Crippen molar-refractivity contribution in [1.82, 2.24) is 5.06 Å². The van der Waals surface area contributed by atoms with Crippen LogP contribution in [-0.4, -0.2) is 55.7 Å². The Bertz CT molecular complexity index is 660. The molecule has 0 aromatic heterocycles. The number of carbonyl (C=O) groups excluding carboxylic acids is 1. The van der Waals surface area contributed by atoms with Crippen molar-refractivity contribution in [3.8, 4) is 0 Å². The SMILES string of the molecule is CCCCCCCCCCCCCCCCCCC([NH3+])C(=O)N(CC[N+](C)(C)C)OCc1ccccc1. The van der Waals surface area contributed by atoms with Crippen molar-refractivity contribution in [3.05, 3.63) is 35.9 Å². The molecule has 1 aromatic rings. The van der Waals surface area contributed by atoms with Gasteiger partial charge in [0.2, 0.25) is 0 Å². The Morgan fingerprint density at radius 2 is 1.24 bits per heavy atom. The highest BCUT2D eigenvalue weighted by molar-refractivity contribution is 5.79. The minimum absolute atomic E-state index is 0.0188. The van der Waals surface area contributed by atoms with Crippen LogP contribution in [0, 0.1) is 0 Å². The molecular formula is C32H61N3O2+2. The molecule has 5 heteroatoms. The summed E-state index contributed by atoms with van der Waals surface area (Å²) in [5.74, 6) is 0.0188. The first-order valence-corrected chi connectivity index (χ1v) is 15.4. The standard InChI is InChI=1S/C32H60N3O2/c1-5-6-7-8-9-10-11-12-13-14-15-16-17-18-19-23-26-31(33)32(36)34(27-28-35(2,3)4)37-29-30-24-21-20-22-25-30/h20-22,24-25,31H,5-19,23,26-29,33H2,1-4H3/q+1/p+1. The van der Waals surface area contributed by atoms with Crippen molar-refractivity contribution in [2.45, 2.75) is 129 Å². The van der Waals surface area contributed by atoms with Crippen LogP contribution < -0.4 is 5.73 Å². The molecule has 0 saturated carbocycles. The molecule has 1 aromatic carbocycles. The third-order valence-corrected chi connectivity index (χ3v) is 7.20. The van der Waals surface area contributed by atoms with Gasteiger partial charge in [-0.15, -0.1) is 0 Å². The lowest BCUT2D eigenvalue weighted by molar-refractivity contribution is -0.870. The molecule has 1 unspecified atom stereocenters. The van der Waals surface area contributed by atoms with E-state index in [-0.39, 0.29) is 11.9 Å². The fraction of sp³-hybridized carbons (Fsp3) is 0.781. The van der Waals surface area contributed by atoms with E-state index < -0.39 is 0 Å². The molecule has 0 aliphatic rings. The molecular weight excluding hydrogens is 458 g/mol. The van der Waals surface area contributed by atoms with Gasteiger partial charge in [0.25, 0.3) is 0 Å². The smallest absolute Gasteiger partial charge is 0.304 e. The predicted octanol–water partition coefficient (Wildman–Crippen LogP) is 6.92. The Labute approximate surface area is 229 Å². The first-order valence-electron chi connectivity index (χ1n) is 15.4. The minimum Gasteiger partial charge on any atom is -0.347 e. The van der Waals surface area contributed by atoms with E-state index in [9.17, 15) is 4.79 Å². The van der Waals surface area contributed by atoms with Gasteiger partial charge < -0.3 is 10.2 Å². The molecule has 1 rings (SSSR count). The molecule has 0 fully saturated rings. The van der Waals surface area contributed by atoms with Gasteiger partial charge in [0.15, 0.2) is 6.04 Å². The molecule has 3 N–H and O–H groups in total. The highest BCUT2D eigenvalue weighted by Gasteiger charge is 2.26. The Hall–Kier alpha value is -1.43. The maximum atomic E-state index is 13.1. The Morgan fingerprint density at radius 1 is 0.784 bits per heavy atom. The molecule has 0 heterocycles. The number of rotatable bonds is 24. The van der Waals surface area contributed by atoms with Crippen molar-refractivity contribution < 1.29 is 19.8 Å². The second kappa shape index (κ2) is 21.5. The van der Waals surface area contributed by atoms with E-state index in [1.807, 2.05) is 30.3 Å². The summed E-state index contributed by atoms with van der Waals surface area (Å²) in [6, 6.07) is 9.81. The van der Waals surface area contributed by atoms with Crippen LogP contribution in [0.1, 0.15) is 122 Å². The van der Waals surface area contributed by atoms with Crippen molar-refractivity contribution in [3.63, 3.8) is 0 Å². The van der Waals surface area contributed by atoms with Crippen LogP contribution in [0.25, 0.3) is 0 Å². The zero-order chi connectivity index (χ0) is 27.2. The van der Waals surface area contributed by atoms with Crippen LogP contribution in [0.15, 0.2) is 30.3 Å². The normalized spacial score (nSPS) is 12.6. The number of amides is 1. The molecule has 0 saturated heterocycles. The fourth-order valence-electron chi connectivity index (χ4n) is 4.62. The summed E-state index contributed by atoms with van der Waals surface area (Å²) in [7, 11) is 6.41. The quantitative estimate of drug-likeness (QED) is 0.0916. The Morgan fingerprint density at radius 3 is 1.70 bits per heavy atom. The van der Waals surface area contributed by atoms with Gasteiger partial charge in [0.1, 0.15) is 6.61 Å². The number of unbranched alkanes of at least 4 members (excludes halogenated alkanes) is 15. The van der Waals surface area contributed by atoms with Gasteiger partial charge in [-0.05, 0) is 12.0 Å². The largest absolute Gasteiger partial charge is 0.347 e. The molecule has 0 aliphatic carbocycles. The highest BCUT2D eigenvalue weighted by atomic mass is 16.7. The number of carbonyl (C=O) groups is 1. The van der Waals surface area contributed by atoms with E-state index in [0.29, 0.717) is 13.2 Å². The molecule has 0 aliphatic heterocycles. The van der Waals surface area contributed by atoms with Gasteiger partial charge in [-0.3, -0.25) is 9.63 Å². The molecule has 0 spiro atoms.